The fraction of sp³-hybridized carbons (Fsp3) is 0.379. The monoisotopic (exact) mass is 512 g/mol. The molecular weight excluding hydrogens is 476 g/mol. The maximum Gasteiger partial charge on any atom is 0.248 e. The average molecular weight is 513 g/mol. The van der Waals surface area contributed by atoms with Crippen molar-refractivity contribution in [3.8, 4) is 0 Å². The zero-order valence-corrected chi connectivity index (χ0v) is 22.8. The van der Waals surface area contributed by atoms with E-state index < -0.39 is 5.91 Å². The van der Waals surface area contributed by atoms with Crippen LogP contribution in [0.5, 0.6) is 0 Å². The molecule has 0 saturated carbocycles. The summed E-state index contributed by atoms with van der Waals surface area (Å²) in [7, 11) is 1.97. The molecule has 1 aliphatic rings. The van der Waals surface area contributed by atoms with Crippen molar-refractivity contribution < 1.29 is 4.79 Å². The lowest BCUT2D eigenvalue weighted by Crippen LogP contribution is -2.46. The number of aryl methyl sites for hydroxylation is 2. The van der Waals surface area contributed by atoms with Crippen molar-refractivity contribution in [2.24, 2.45) is 12.8 Å². The number of carbonyl (C=O) groups excluding carboxylic acids is 1. The van der Waals surface area contributed by atoms with Gasteiger partial charge in [-0.3, -0.25) is 9.69 Å². The number of benzene rings is 2. The van der Waals surface area contributed by atoms with Crippen LogP contribution in [-0.2, 0) is 19.0 Å². The minimum atomic E-state index is -0.402. The van der Waals surface area contributed by atoms with Crippen LogP contribution in [0, 0.1) is 6.92 Å². The Bertz CT molecular complexity index is 1460. The van der Waals surface area contributed by atoms with Gasteiger partial charge in [-0.05, 0) is 47.2 Å². The van der Waals surface area contributed by atoms with Gasteiger partial charge in [-0.1, -0.05) is 45.0 Å². The highest BCUT2D eigenvalue weighted by Crippen LogP contribution is 2.31. The van der Waals surface area contributed by atoms with Crippen molar-refractivity contribution in [2.75, 3.05) is 36.4 Å². The van der Waals surface area contributed by atoms with Gasteiger partial charge in [0, 0.05) is 51.0 Å². The fourth-order valence-corrected chi connectivity index (χ4v) is 4.76. The zero-order valence-electron chi connectivity index (χ0n) is 22.8. The SMILES string of the molecule is Cc1ccc(C(C)(C)C)cc1Nc1nc(N2CCN(Cc3ccc(C(N)=O)cc3)CC2)nc2ncn(C)c12. The van der Waals surface area contributed by atoms with Crippen molar-refractivity contribution in [3.63, 3.8) is 0 Å². The molecule has 1 saturated heterocycles. The van der Waals surface area contributed by atoms with Gasteiger partial charge in [-0.2, -0.15) is 9.97 Å². The van der Waals surface area contributed by atoms with E-state index in [1.165, 1.54) is 5.56 Å². The van der Waals surface area contributed by atoms with Gasteiger partial charge >= 0.3 is 0 Å². The normalized spacial score (nSPS) is 14.7. The summed E-state index contributed by atoms with van der Waals surface area (Å²) in [6, 6.07) is 14.1. The van der Waals surface area contributed by atoms with Gasteiger partial charge in [0.05, 0.1) is 6.33 Å². The molecule has 9 nitrogen and oxygen atoms in total. The largest absolute Gasteiger partial charge is 0.366 e. The van der Waals surface area contributed by atoms with Crippen LogP contribution in [0.25, 0.3) is 11.2 Å². The molecule has 0 unspecified atom stereocenters. The van der Waals surface area contributed by atoms with E-state index in [9.17, 15) is 4.79 Å². The van der Waals surface area contributed by atoms with Gasteiger partial charge in [0.15, 0.2) is 11.5 Å². The molecule has 4 aromatic rings. The van der Waals surface area contributed by atoms with Gasteiger partial charge in [0.25, 0.3) is 0 Å². The summed E-state index contributed by atoms with van der Waals surface area (Å²) in [6.45, 7) is 13.0. The lowest BCUT2D eigenvalue weighted by molar-refractivity contribution is 0.1000. The van der Waals surface area contributed by atoms with Crippen LogP contribution in [0.1, 0.15) is 47.8 Å². The molecule has 0 atom stereocenters. The van der Waals surface area contributed by atoms with E-state index in [0.29, 0.717) is 17.2 Å². The number of imidazole rings is 1. The maximum absolute atomic E-state index is 11.3. The van der Waals surface area contributed by atoms with E-state index in [-0.39, 0.29) is 5.41 Å². The maximum atomic E-state index is 11.3. The molecule has 0 aliphatic carbocycles. The predicted octanol–water partition coefficient (Wildman–Crippen LogP) is 4.13. The van der Waals surface area contributed by atoms with Crippen LogP contribution < -0.4 is 16.0 Å². The Kier molecular flexibility index (Phi) is 6.79. The third-order valence-electron chi connectivity index (χ3n) is 7.22. The van der Waals surface area contributed by atoms with Crippen LogP contribution in [0.15, 0.2) is 48.8 Å². The molecule has 0 radical (unpaired) electrons. The van der Waals surface area contributed by atoms with Crippen LogP contribution in [0.2, 0.25) is 0 Å². The summed E-state index contributed by atoms with van der Waals surface area (Å²) in [5.41, 5.74) is 12.1. The molecule has 38 heavy (non-hydrogen) atoms. The molecule has 3 N–H and O–H groups in total. The first kappa shape index (κ1) is 25.7. The second-order valence-corrected chi connectivity index (χ2v) is 11.1. The minimum Gasteiger partial charge on any atom is -0.366 e. The summed E-state index contributed by atoms with van der Waals surface area (Å²) in [5, 5.41) is 3.61. The Hall–Kier alpha value is -3.98. The summed E-state index contributed by atoms with van der Waals surface area (Å²) in [5.74, 6) is 1.05. The number of nitrogens with one attached hydrogen (secondary N) is 1. The Morgan fingerprint density at radius 2 is 1.74 bits per heavy atom. The van der Waals surface area contributed by atoms with Crippen LogP contribution in [-0.4, -0.2) is 56.5 Å². The summed E-state index contributed by atoms with van der Waals surface area (Å²) < 4.78 is 1.96. The summed E-state index contributed by atoms with van der Waals surface area (Å²) in [6.07, 6.45) is 1.79. The molecule has 1 aliphatic heterocycles. The first-order chi connectivity index (χ1) is 18.1. The number of amides is 1. The van der Waals surface area contributed by atoms with Crippen LogP contribution in [0.3, 0.4) is 0 Å². The van der Waals surface area contributed by atoms with Crippen molar-refractivity contribution >= 4 is 34.5 Å². The zero-order chi connectivity index (χ0) is 27.0. The smallest absolute Gasteiger partial charge is 0.248 e. The molecule has 2 aromatic heterocycles. The highest BCUT2D eigenvalue weighted by Gasteiger charge is 2.23. The van der Waals surface area contributed by atoms with Crippen LogP contribution in [0.4, 0.5) is 17.5 Å². The Morgan fingerprint density at radius 3 is 2.39 bits per heavy atom. The average Bonchev–Trinajstić information content (AvgIpc) is 3.26. The third-order valence-corrected chi connectivity index (χ3v) is 7.22. The second kappa shape index (κ2) is 10.1. The number of hydrogen-bond acceptors (Lipinski definition) is 7. The lowest BCUT2D eigenvalue weighted by Gasteiger charge is -2.34. The molecule has 1 amide bonds. The van der Waals surface area contributed by atoms with E-state index in [1.807, 2.05) is 23.7 Å². The Morgan fingerprint density at radius 1 is 1.03 bits per heavy atom. The number of nitrogens with zero attached hydrogens (tertiary/aromatic N) is 6. The van der Waals surface area contributed by atoms with Crippen molar-refractivity contribution in [3.05, 3.63) is 71.0 Å². The standard InChI is InChI=1S/C29H36N8O/c1-19-6-11-22(29(2,3)4)16-23(19)32-27-24-26(31-18-35(24)5)33-28(34-27)37-14-12-36(13-15-37)17-20-7-9-21(10-8-20)25(30)38/h6-11,16,18H,12-15,17H2,1-5H3,(H2,30,38)(H,32,33,34). The van der Waals surface area contributed by atoms with Crippen molar-refractivity contribution in [1.29, 1.82) is 0 Å². The molecule has 198 valence electrons. The quantitative estimate of drug-likeness (QED) is 0.400. The highest BCUT2D eigenvalue weighted by molar-refractivity contribution is 5.92. The van der Waals surface area contributed by atoms with E-state index >= 15 is 0 Å². The first-order valence-electron chi connectivity index (χ1n) is 13.0. The third kappa shape index (κ3) is 5.33. The molecular formula is C29H36N8O. The van der Waals surface area contributed by atoms with Gasteiger partial charge in [0.2, 0.25) is 11.9 Å². The fourth-order valence-electron chi connectivity index (χ4n) is 4.76. The number of rotatable bonds is 6. The van der Waals surface area contributed by atoms with E-state index in [2.05, 4.69) is 66.0 Å². The highest BCUT2D eigenvalue weighted by atomic mass is 16.1. The number of anilines is 3. The number of hydrogen-bond donors (Lipinski definition) is 2. The first-order valence-corrected chi connectivity index (χ1v) is 13.0. The van der Waals surface area contributed by atoms with E-state index in [1.54, 1.807) is 18.5 Å². The lowest BCUT2D eigenvalue weighted by atomic mass is 9.86. The molecule has 3 heterocycles. The molecule has 0 spiro atoms. The number of fused-ring (bicyclic) bond motifs is 1. The van der Waals surface area contributed by atoms with Gasteiger partial charge in [-0.25, -0.2) is 4.98 Å². The molecule has 2 aromatic carbocycles. The number of primary amides is 1. The summed E-state index contributed by atoms with van der Waals surface area (Å²) in [4.78, 5) is 30.3. The Labute approximate surface area is 223 Å². The van der Waals surface area contributed by atoms with Crippen molar-refractivity contribution in [1.82, 2.24) is 24.4 Å². The summed E-state index contributed by atoms with van der Waals surface area (Å²) >= 11 is 0. The number of carbonyl (C=O) groups is 1. The van der Waals surface area contributed by atoms with Gasteiger partial charge in [-0.15, -0.1) is 0 Å². The topological polar surface area (TPSA) is 105 Å². The number of nitrogens with two attached hydrogens (primary N) is 1. The van der Waals surface area contributed by atoms with Crippen LogP contribution >= 0.6 is 0 Å². The molecule has 0 bridgehead atoms. The van der Waals surface area contributed by atoms with Gasteiger partial charge < -0.3 is 20.5 Å². The second-order valence-electron chi connectivity index (χ2n) is 11.1. The van der Waals surface area contributed by atoms with Gasteiger partial charge in [0.1, 0.15) is 5.52 Å². The van der Waals surface area contributed by atoms with E-state index in [0.717, 1.165) is 60.9 Å². The van der Waals surface area contributed by atoms with Crippen molar-refractivity contribution in [2.45, 2.75) is 39.7 Å². The van der Waals surface area contributed by atoms with E-state index in [4.69, 9.17) is 15.7 Å². The predicted molar refractivity (Wildman–Crippen MR) is 152 cm³/mol. The minimum absolute atomic E-state index is 0.0480. The number of piperazine rings is 1. The molecule has 1 fully saturated rings. The number of aromatic nitrogens is 4. The molecule has 5 rings (SSSR count). The molecule has 9 heteroatoms. The Balaban J connectivity index is 1.35.